The predicted octanol–water partition coefficient (Wildman–Crippen LogP) is 2.43. The fraction of sp³-hybridized carbons (Fsp3) is 0.812. The highest BCUT2D eigenvalue weighted by Gasteiger charge is 2.53. The third kappa shape index (κ3) is 2.87. The van der Waals surface area contributed by atoms with Crippen molar-refractivity contribution in [2.45, 2.75) is 59.2 Å². The normalized spacial score (nSPS) is 35.7. The highest BCUT2D eigenvalue weighted by atomic mass is 16.6. The molecule has 0 saturated carbocycles. The van der Waals surface area contributed by atoms with Crippen LogP contribution in [0.2, 0.25) is 0 Å². The lowest BCUT2D eigenvalue weighted by molar-refractivity contribution is -0.0932. The molecule has 0 radical (unpaired) electrons. The summed E-state index contributed by atoms with van der Waals surface area (Å²) >= 11 is 0. The Morgan fingerprint density at radius 3 is 2.57 bits per heavy atom. The average Bonchev–Trinajstić information content (AvgIpc) is 2.65. The molecule has 2 rings (SSSR count). The molecule has 0 aliphatic carbocycles. The van der Waals surface area contributed by atoms with Crippen LogP contribution in [-0.2, 0) is 14.2 Å². The maximum absolute atomic E-state index is 6.28. The third-order valence-corrected chi connectivity index (χ3v) is 4.59. The first-order valence-corrected chi connectivity index (χ1v) is 7.50. The highest BCUT2D eigenvalue weighted by molar-refractivity contribution is 5.98. The van der Waals surface area contributed by atoms with E-state index in [1.807, 2.05) is 6.92 Å². The Labute approximate surface area is 128 Å². The number of allylic oxidation sites excluding steroid dienone is 1. The van der Waals surface area contributed by atoms with Gasteiger partial charge in [0.05, 0.1) is 12.7 Å². The minimum Gasteiger partial charge on any atom is -0.382 e. The van der Waals surface area contributed by atoms with Crippen molar-refractivity contribution in [1.29, 1.82) is 0 Å². The fourth-order valence-electron chi connectivity index (χ4n) is 3.37. The minimum absolute atomic E-state index is 0.00430. The first-order valence-electron chi connectivity index (χ1n) is 7.50. The maximum Gasteiger partial charge on any atom is 0.139 e. The van der Waals surface area contributed by atoms with E-state index in [1.165, 1.54) is 5.57 Å². The van der Waals surface area contributed by atoms with Gasteiger partial charge in [0.1, 0.15) is 18.5 Å². The zero-order valence-electron chi connectivity index (χ0n) is 14.2. The van der Waals surface area contributed by atoms with E-state index < -0.39 is 0 Å². The third-order valence-electron chi connectivity index (χ3n) is 4.59. The molecule has 1 saturated heterocycles. The lowest BCUT2D eigenvalue weighted by atomic mass is 9.83. The minimum atomic E-state index is -0.149. The Balaban J connectivity index is 2.27. The Morgan fingerprint density at radius 2 is 2.00 bits per heavy atom. The smallest absolute Gasteiger partial charge is 0.139 e. The number of ether oxygens (including phenoxy) is 3. The van der Waals surface area contributed by atoms with Gasteiger partial charge in [0.2, 0.25) is 0 Å². The van der Waals surface area contributed by atoms with E-state index in [0.29, 0.717) is 6.61 Å². The first-order chi connectivity index (χ1) is 9.82. The van der Waals surface area contributed by atoms with E-state index in [-0.39, 0.29) is 30.0 Å². The van der Waals surface area contributed by atoms with Crippen LogP contribution in [0.25, 0.3) is 0 Å². The number of aliphatic imine (C=N–C) groups is 1. The molecule has 4 unspecified atom stereocenters. The molecule has 0 amide bonds. The average molecular weight is 296 g/mol. The van der Waals surface area contributed by atoms with Gasteiger partial charge in [-0.25, -0.2) is 0 Å². The van der Waals surface area contributed by atoms with Crippen molar-refractivity contribution in [3.05, 3.63) is 11.8 Å². The van der Waals surface area contributed by atoms with Crippen molar-refractivity contribution in [1.82, 2.24) is 4.90 Å². The molecule has 0 N–H and O–H groups in total. The molecular weight excluding hydrogens is 268 g/mol. The quantitative estimate of drug-likeness (QED) is 0.799. The van der Waals surface area contributed by atoms with Crippen LogP contribution in [0, 0.1) is 5.41 Å². The molecule has 2 aliphatic rings. The molecule has 5 heteroatoms. The van der Waals surface area contributed by atoms with Crippen molar-refractivity contribution in [3.63, 3.8) is 0 Å². The molecule has 5 nitrogen and oxygen atoms in total. The molecular formula is C16H28N2O3. The molecule has 0 spiro atoms. The van der Waals surface area contributed by atoms with Crippen LogP contribution in [0.4, 0.5) is 0 Å². The van der Waals surface area contributed by atoms with Gasteiger partial charge >= 0.3 is 0 Å². The SMILES string of the molecule is COCC1OC(N2C=C(C)C(C)=NC2C)C(C)(C)C1OC. The molecule has 120 valence electrons. The van der Waals surface area contributed by atoms with Crippen molar-refractivity contribution in [2.24, 2.45) is 10.4 Å². The van der Waals surface area contributed by atoms with Crippen LogP contribution < -0.4 is 0 Å². The summed E-state index contributed by atoms with van der Waals surface area (Å²) in [7, 11) is 3.43. The van der Waals surface area contributed by atoms with Gasteiger partial charge in [0.15, 0.2) is 0 Å². The van der Waals surface area contributed by atoms with Gasteiger partial charge < -0.3 is 19.1 Å². The van der Waals surface area contributed by atoms with Gasteiger partial charge in [-0.15, -0.1) is 0 Å². The Kier molecular flexibility index (Phi) is 4.76. The van der Waals surface area contributed by atoms with Crippen LogP contribution in [0.3, 0.4) is 0 Å². The van der Waals surface area contributed by atoms with Gasteiger partial charge in [-0.1, -0.05) is 13.8 Å². The molecule has 4 atom stereocenters. The van der Waals surface area contributed by atoms with E-state index in [9.17, 15) is 0 Å². The summed E-state index contributed by atoms with van der Waals surface area (Å²) in [5.41, 5.74) is 2.12. The van der Waals surface area contributed by atoms with E-state index in [2.05, 4.69) is 38.8 Å². The Morgan fingerprint density at radius 1 is 1.33 bits per heavy atom. The molecule has 0 aromatic heterocycles. The van der Waals surface area contributed by atoms with Crippen LogP contribution >= 0.6 is 0 Å². The number of methoxy groups -OCH3 is 2. The Hall–Kier alpha value is -0.910. The topological polar surface area (TPSA) is 43.3 Å². The maximum atomic E-state index is 6.28. The molecule has 21 heavy (non-hydrogen) atoms. The van der Waals surface area contributed by atoms with E-state index in [1.54, 1.807) is 14.2 Å². The number of rotatable bonds is 4. The zero-order valence-corrected chi connectivity index (χ0v) is 14.2. The summed E-state index contributed by atoms with van der Waals surface area (Å²) in [5, 5.41) is 0. The van der Waals surface area contributed by atoms with Crippen LogP contribution in [0.5, 0.6) is 0 Å². The second-order valence-electron chi connectivity index (χ2n) is 6.57. The van der Waals surface area contributed by atoms with E-state index in [0.717, 1.165) is 5.71 Å². The fourth-order valence-corrected chi connectivity index (χ4v) is 3.37. The molecule has 1 fully saturated rings. The molecule has 0 aromatic rings. The van der Waals surface area contributed by atoms with E-state index in [4.69, 9.17) is 19.2 Å². The highest BCUT2D eigenvalue weighted by Crippen LogP contribution is 2.43. The lowest BCUT2D eigenvalue weighted by Crippen LogP contribution is -2.48. The van der Waals surface area contributed by atoms with Crippen molar-refractivity contribution < 1.29 is 14.2 Å². The summed E-state index contributed by atoms with van der Waals surface area (Å²) < 4.78 is 17.3. The second kappa shape index (κ2) is 6.07. The van der Waals surface area contributed by atoms with Gasteiger partial charge in [0, 0.05) is 31.5 Å². The predicted molar refractivity (Wildman–Crippen MR) is 83.3 cm³/mol. The van der Waals surface area contributed by atoms with Crippen LogP contribution in [0.15, 0.2) is 16.8 Å². The van der Waals surface area contributed by atoms with Crippen molar-refractivity contribution in [3.8, 4) is 0 Å². The lowest BCUT2D eigenvalue weighted by Gasteiger charge is -2.41. The van der Waals surface area contributed by atoms with Crippen molar-refractivity contribution in [2.75, 3.05) is 20.8 Å². The van der Waals surface area contributed by atoms with Gasteiger partial charge in [-0.2, -0.15) is 0 Å². The van der Waals surface area contributed by atoms with Crippen molar-refractivity contribution >= 4 is 5.71 Å². The summed E-state index contributed by atoms with van der Waals surface area (Å²) in [4.78, 5) is 6.90. The monoisotopic (exact) mass is 296 g/mol. The van der Waals surface area contributed by atoms with Crippen LogP contribution in [0.1, 0.15) is 34.6 Å². The summed E-state index contributed by atoms with van der Waals surface area (Å²) in [6.07, 6.45) is 2.07. The number of nitrogens with zero attached hydrogens (tertiary/aromatic N) is 2. The van der Waals surface area contributed by atoms with Gasteiger partial charge in [-0.3, -0.25) is 4.99 Å². The molecule has 0 bridgehead atoms. The molecule has 2 aliphatic heterocycles. The summed E-state index contributed by atoms with van der Waals surface area (Å²) in [5.74, 6) is 0. The van der Waals surface area contributed by atoms with Gasteiger partial charge in [-0.05, 0) is 26.3 Å². The first kappa shape index (κ1) is 16.5. The van der Waals surface area contributed by atoms with E-state index >= 15 is 0 Å². The summed E-state index contributed by atoms with van der Waals surface area (Å²) in [6, 6.07) is 0. The summed E-state index contributed by atoms with van der Waals surface area (Å²) in [6.45, 7) is 11.1. The Bertz CT molecular complexity index is 445. The molecule has 2 heterocycles. The zero-order chi connectivity index (χ0) is 15.8. The van der Waals surface area contributed by atoms with Crippen LogP contribution in [-0.4, -0.2) is 56.0 Å². The number of hydrogen-bond donors (Lipinski definition) is 0. The number of hydrogen-bond acceptors (Lipinski definition) is 5. The van der Waals surface area contributed by atoms with Gasteiger partial charge in [0.25, 0.3) is 0 Å². The standard InChI is InChI=1S/C16H28N2O3/c1-10-8-18(12(3)17-11(10)2)15-16(4,5)14(20-7)13(21-15)9-19-6/h8,12-15H,9H2,1-7H3. The second-order valence-corrected chi connectivity index (χ2v) is 6.57. The molecule has 0 aromatic carbocycles. The largest absolute Gasteiger partial charge is 0.382 e.